The molecule has 1 rings (SSSR count). The second-order valence-corrected chi connectivity index (χ2v) is 3.86. The van der Waals surface area contributed by atoms with Crippen LogP contribution in [0.5, 0.6) is 0 Å². The molecule has 1 aliphatic heterocycles. The Morgan fingerprint density at radius 2 is 2.38 bits per heavy atom. The van der Waals surface area contributed by atoms with E-state index in [0.717, 1.165) is 0 Å². The van der Waals surface area contributed by atoms with Gasteiger partial charge in [0, 0.05) is 19.6 Å². The molecule has 0 spiro atoms. The molecule has 1 aliphatic rings. The molecule has 0 aromatic carbocycles. The molecule has 13 heavy (non-hydrogen) atoms. The molecular weight excluding hydrogens is 168 g/mol. The lowest BCUT2D eigenvalue weighted by molar-refractivity contribution is -0.140. The van der Waals surface area contributed by atoms with E-state index in [9.17, 15) is 4.79 Å². The molecule has 4 heteroatoms. The lowest BCUT2D eigenvalue weighted by atomic mass is 9.84. The molecule has 2 atom stereocenters. The Bertz CT molecular complexity index is 208. The summed E-state index contributed by atoms with van der Waals surface area (Å²) in [5.74, 6) is 0.0833. The highest BCUT2D eigenvalue weighted by Crippen LogP contribution is 2.28. The Morgan fingerprint density at radius 1 is 1.77 bits per heavy atom. The van der Waals surface area contributed by atoms with Gasteiger partial charge in [0.15, 0.2) is 0 Å². The minimum absolute atomic E-state index is 0.0833. The zero-order valence-corrected chi connectivity index (χ0v) is 8.54. The van der Waals surface area contributed by atoms with Crippen LogP contribution in [0.4, 0.5) is 0 Å². The molecule has 1 fully saturated rings. The Balaban J connectivity index is 2.74. The van der Waals surface area contributed by atoms with Gasteiger partial charge in [0.05, 0.1) is 18.6 Å². The monoisotopic (exact) mass is 186 g/mol. The number of hydrogen-bond donors (Lipinski definition) is 1. The summed E-state index contributed by atoms with van der Waals surface area (Å²) < 4.78 is 5.22. The summed E-state index contributed by atoms with van der Waals surface area (Å²) in [7, 11) is 1.79. The van der Waals surface area contributed by atoms with Gasteiger partial charge in [0.1, 0.15) is 0 Å². The van der Waals surface area contributed by atoms with E-state index in [0.29, 0.717) is 19.8 Å². The lowest BCUT2D eigenvalue weighted by Gasteiger charge is -2.30. The Hall–Kier alpha value is -0.610. The van der Waals surface area contributed by atoms with Crippen LogP contribution in [0.2, 0.25) is 0 Å². The number of ether oxygens (including phenoxy) is 1. The second-order valence-electron chi connectivity index (χ2n) is 3.86. The van der Waals surface area contributed by atoms with Crippen molar-refractivity contribution in [3.8, 4) is 0 Å². The van der Waals surface area contributed by atoms with Crippen LogP contribution in [0.1, 0.15) is 13.8 Å². The molecule has 0 aromatic heterocycles. The SMILES string of the molecule is CCN(C)C(=O)C1(C)COCC1N. The van der Waals surface area contributed by atoms with E-state index in [2.05, 4.69) is 0 Å². The molecule has 2 unspecified atom stereocenters. The third-order valence-electron chi connectivity index (χ3n) is 2.83. The first-order valence-electron chi connectivity index (χ1n) is 4.61. The van der Waals surface area contributed by atoms with Crippen molar-refractivity contribution in [2.45, 2.75) is 19.9 Å². The van der Waals surface area contributed by atoms with Crippen LogP contribution in [0, 0.1) is 5.41 Å². The molecule has 1 heterocycles. The fourth-order valence-corrected chi connectivity index (χ4v) is 1.49. The van der Waals surface area contributed by atoms with E-state index in [1.165, 1.54) is 0 Å². The van der Waals surface area contributed by atoms with Crippen LogP contribution in [-0.4, -0.2) is 43.7 Å². The maximum atomic E-state index is 11.9. The molecule has 0 aliphatic carbocycles. The molecule has 4 nitrogen and oxygen atoms in total. The summed E-state index contributed by atoms with van der Waals surface area (Å²) in [6.45, 7) is 5.46. The first-order chi connectivity index (χ1) is 6.02. The van der Waals surface area contributed by atoms with Crippen LogP contribution < -0.4 is 5.73 Å². The summed E-state index contributed by atoms with van der Waals surface area (Å²) in [5.41, 5.74) is 5.31. The number of carbonyl (C=O) groups excluding carboxylic acids is 1. The molecular formula is C9H18N2O2. The van der Waals surface area contributed by atoms with Crippen LogP contribution in [0.25, 0.3) is 0 Å². The van der Waals surface area contributed by atoms with Gasteiger partial charge in [-0.15, -0.1) is 0 Å². The average Bonchev–Trinajstić information content (AvgIpc) is 2.46. The summed E-state index contributed by atoms with van der Waals surface area (Å²) >= 11 is 0. The van der Waals surface area contributed by atoms with Gasteiger partial charge in [0.2, 0.25) is 5.91 Å². The lowest BCUT2D eigenvalue weighted by Crippen LogP contribution is -2.50. The molecule has 2 N–H and O–H groups in total. The largest absolute Gasteiger partial charge is 0.379 e. The Labute approximate surface area is 79.0 Å². The highest BCUT2D eigenvalue weighted by molar-refractivity contribution is 5.83. The fraction of sp³-hybridized carbons (Fsp3) is 0.889. The standard InChI is InChI=1S/C9H18N2O2/c1-4-11(3)8(12)9(2)6-13-5-7(9)10/h7H,4-6,10H2,1-3H3. The molecule has 76 valence electrons. The van der Waals surface area contributed by atoms with Crippen molar-refractivity contribution in [1.82, 2.24) is 4.90 Å². The number of rotatable bonds is 2. The smallest absolute Gasteiger partial charge is 0.232 e. The van der Waals surface area contributed by atoms with Crippen molar-refractivity contribution in [2.24, 2.45) is 11.1 Å². The van der Waals surface area contributed by atoms with E-state index in [1.807, 2.05) is 13.8 Å². The normalized spacial score (nSPS) is 33.4. The van der Waals surface area contributed by atoms with Crippen LogP contribution >= 0.6 is 0 Å². The van der Waals surface area contributed by atoms with E-state index in [4.69, 9.17) is 10.5 Å². The van der Waals surface area contributed by atoms with Crippen LogP contribution in [0.3, 0.4) is 0 Å². The van der Waals surface area contributed by atoms with Crippen LogP contribution in [-0.2, 0) is 9.53 Å². The maximum Gasteiger partial charge on any atom is 0.232 e. The van der Waals surface area contributed by atoms with Gasteiger partial charge in [-0.1, -0.05) is 0 Å². The predicted molar refractivity (Wildman–Crippen MR) is 50.2 cm³/mol. The summed E-state index contributed by atoms with van der Waals surface area (Å²) in [6, 6.07) is -0.172. The van der Waals surface area contributed by atoms with E-state index in [-0.39, 0.29) is 11.9 Å². The molecule has 0 aromatic rings. The second kappa shape index (κ2) is 3.64. The van der Waals surface area contributed by atoms with Gasteiger partial charge in [-0.25, -0.2) is 0 Å². The number of carbonyl (C=O) groups is 1. The van der Waals surface area contributed by atoms with Gasteiger partial charge in [-0.2, -0.15) is 0 Å². The Kier molecular flexibility index (Phi) is 2.93. The molecule has 0 saturated carbocycles. The van der Waals surface area contributed by atoms with Crippen molar-refractivity contribution in [3.05, 3.63) is 0 Å². The van der Waals surface area contributed by atoms with Crippen molar-refractivity contribution in [2.75, 3.05) is 26.8 Å². The first-order valence-corrected chi connectivity index (χ1v) is 4.61. The third kappa shape index (κ3) is 1.69. The average molecular weight is 186 g/mol. The minimum atomic E-state index is -0.523. The quantitative estimate of drug-likeness (QED) is 0.651. The molecule has 0 bridgehead atoms. The molecule has 1 saturated heterocycles. The summed E-state index contributed by atoms with van der Waals surface area (Å²) in [5, 5.41) is 0. The topological polar surface area (TPSA) is 55.6 Å². The summed E-state index contributed by atoms with van der Waals surface area (Å²) in [6.07, 6.45) is 0. The van der Waals surface area contributed by atoms with Gasteiger partial charge in [0.25, 0.3) is 0 Å². The number of amides is 1. The van der Waals surface area contributed by atoms with Crippen molar-refractivity contribution >= 4 is 5.91 Å². The minimum Gasteiger partial charge on any atom is -0.379 e. The highest BCUT2D eigenvalue weighted by Gasteiger charge is 2.45. The van der Waals surface area contributed by atoms with Crippen molar-refractivity contribution < 1.29 is 9.53 Å². The van der Waals surface area contributed by atoms with E-state index < -0.39 is 5.41 Å². The molecule has 1 amide bonds. The zero-order valence-electron chi connectivity index (χ0n) is 8.54. The van der Waals surface area contributed by atoms with Gasteiger partial charge in [-0.3, -0.25) is 4.79 Å². The van der Waals surface area contributed by atoms with Gasteiger partial charge < -0.3 is 15.4 Å². The number of hydrogen-bond acceptors (Lipinski definition) is 3. The maximum absolute atomic E-state index is 11.9. The fourth-order valence-electron chi connectivity index (χ4n) is 1.49. The highest BCUT2D eigenvalue weighted by atomic mass is 16.5. The van der Waals surface area contributed by atoms with E-state index >= 15 is 0 Å². The number of nitrogens with two attached hydrogens (primary N) is 1. The third-order valence-corrected chi connectivity index (χ3v) is 2.83. The predicted octanol–water partition coefficient (Wildman–Crippen LogP) is -0.171. The first kappa shape index (κ1) is 10.5. The zero-order chi connectivity index (χ0) is 10.1. The Morgan fingerprint density at radius 3 is 2.77 bits per heavy atom. The molecule has 0 radical (unpaired) electrons. The van der Waals surface area contributed by atoms with Crippen LogP contribution in [0.15, 0.2) is 0 Å². The van der Waals surface area contributed by atoms with Crippen molar-refractivity contribution in [3.63, 3.8) is 0 Å². The number of nitrogens with zero attached hydrogens (tertiary/aromatic N) is 1. The van der Waals surface area contributed by atoms with E-state index in [1.54, 1.807) is 11.9 Å². The van der Waals surface area contributed by atoms with Gasteiger partial charge in [-0.05, 0) is 13.8 Å². The summed E-state index contributed by atoms with van der Waals surface area (Å²) in [4.78, 5) is 13.6. The van der Waals surface area contributed by atoms with Gasteiger partial charge >= 0.3 is 0 Å². The van der Waals surface area contributed by atoms with Crippen molar-refractivity contribution in [1.29, 1.82) is 0 Å².